The molecule has 0 radical (unpaired) electrons. The highest BCUT2D eigenvalue weighted by Crippen LogP contribution is 2.40. The SMILES string of the molecule is COc1cc(C(=O)Nc2cccc(-c3nccc(-c4ccc(CNC[C@H]5CCC(=O)N5)c(OC)n4)c3Cl)c2Cl)ncc1CN1CC[C@@H](OC)C1. The Morgan fingerprint density at radius 1 is 1.02 bits per heavy atom. The normalized spacial score (nSPS) is 17.5. The highest BCUT2D eigenvalue weighted by molar-refractivity contribution is 6.39. The van der Waals surface area contributed by atoms with Crippen LogP contribution in [0.1, 0.15) is 40.9 Å². The maximum Gasteiger partial charge on any atom is 0.274 e. The lowest BCUT2D eigenvalue weighted by atomic mass is 10.1. The number of pyridine rings is 3. The predicted molar refractivity (Wildman–Crippen MR) is 192 cm³/mol. The van der Waals surface area contributed by atoms with Gasteiger partial charge in [-0.05, 0) is 31.0 Å². The number of likely N-dealkylation sites (tertiary alicyclic amines) is 1. The van der Waals surface area contributed by atoms with Crippen molar-refractivity contribution in [3.8, 4) is 34.1 Å². The van der Waals surface area contributed by atoms with Gasteiger partial charge < -0.3 is 30.2 Å². The topological polar surface area (TPSA) is 140 Å². The number of rotatable bonds is 13. The van der Waals surface area contributed by atoms with Crippen molar-refractivity contribution in [2.45, 2.75) is 44.5 Å². The Kier molecular flexibility index (Phi) is 11.5. The number of anilines is 1. The van der Waals surface area contributed by atoms with E-state index in [9.17, 15) is 9.59 Å². The maximum absolute atomic E-state index is 13.4. The average Bonchev–Trinajstić information content (AvgIpc) is 3.77. The van der Waals surface area contributed by atoms with Crippen molar-refractivity contribution in [2.75, 3.05) is 46.3 Å². The molecule has 2 amide bonds. The number of amides is 2. The molecule has 4 aromatic rings. The average molecular weight is 721 g/mol. The lowest BCUT2D eigenvalue weighted by molar-refractivity contribution is -0.119. The molecule has 0 unspecified atom stereocenters. The van der Waals surface area contributed by atoms with E-state index in [2.05, 4.69) is 30.8 Å². The Morgan fingerprint density at radius 3 is 2.62 bits per heavy atom. The van der Waals surface area contributed by atoms with Crippen LogP contribution in [-0.4, -0.2) is 84.8 Å². The number of nitrogens with one attached hydrogen (secondary N) is 3. The zero-order chi connectivity index (χ0) is 35.2. The minimum Gasteiger partial charge on any atom is -0.496 e. The van der Waals surface area contributed by atoms with Gasteiger partial charge >= 0.3 is 0 Å². The van der Waals surface area contributed by atoms with Gasteiger partial charge in [-0.15, -0.1) is 0 Å². The lowest BCUT2D eigenvalue weighted by Crippen LogP contribution is -2.35. The Labute approximate surface area is 300 Å². The van der Waals surface area contributed by atoms with Crippen molar-refractivity contribution in [1.29, 1.82) is 0 Å². The minimum atomic E-state index is -0.443. The minimum absolute atomic E-state index is 0.0842. The summed E-state index contributed by atoms with van der Waals surface area (Å²) < 4.78 is 16.7. The molecule has 2 aliphatic heterocycles. The number of benzene rings is 1. The van der Waals surface area contributed by atoms with Crippen LogP contribution in [0.2, 0.25) is 10.0 Å². The summed E-state index contributed by atoms with van der Waals surface area (Å²) in [6, 6.07) is 12.6. The van der Waals surface area contributed by atoms with E-state index in [1.807, 2.05) is 12.1 Å². The van der Waals surface area contributed by atoms with E-state index in [1.54, 1.807) is 64.1 Å². The molecular formula is C36H39Cl2N7O5. The van der Waals surface area contributed by atoms with Crippen molar-refractivity contribution < 1.29 is 23.8 Å². The van der Waals surface area contributed by atoms with Crippen molar-refractivity contribution >= 4 is 40.7 Å². The highest BCUT2D eigenvalue weighted by atomic mass is 35.5. The molecule has 0 aliphatic carbocycles. The maximum atomic E-state index is 13.4. The Hall–Kier alpha value is -4.33. The number of halogens is 2. The summed E-state index contributed by atoms with van der Waals surface area (Å²) in [6.45, 7) is 3.57. The van der Waals surface area contributed by atoms with Crippen LogP contribution in [0.3, 0.4) is 0 Å². The first-order valence-electron chi connectivity index (χ1n) is 16.3. The van der Waals surface area contributed by atoms with E-state index in [0.717, 1.165) is 37.1 Å². The highest BCUT2D eigenvalue weighted by Gasteiger charge is 2.25. The van der Waals surface area contributed by atoms with E-state index in [-0.39, 0.29) is 28.8 Å². The summed E-state index contributed by atoms with van der Waals surface area (Å²) in [6.07, 6.45) is 5.86. The van der Waals surface area contributed by atoms with Crippen LogP contribution in [-0.2, 0) is 22.6 Å². The lowest BCUT2D eigenvalue weighted by Gasteiger charge is -2.18. The van der Waals surface area contributed by atoms with E-state index in [0.29, 0.717) is 70.9 Å². The van der Waals surface area contributed by atoms with Gasteiger partial charge in [-0.3, -0.25) is 24.5 Å². The second-order valence-corrected chi connectivity index (χ2v) is 13.0. The smallest absolute Gasteiger partial charge is 0.274 e. The molecule has 2 aliphatic rings. The first kappa shape index (κ1) is 35.5. The van der Waals surface area contributed by atoms with Crippen LogP contribution in [0.25, 0.3) is 22.5 Å². The number of methoxy groups -OCH3 is 3. The van der Waals surface area contributed by atoms with Gasteiger partial charge in [-0.1, -0.05) is 41.4 Å². The van der Waals surface area contributed by atoms with Gasteiger partial charge in [0.2, 0.25) is 11.8 Å². The molecule has 0 spiro atoms. The monoisotopic (exact) mass is 719 g/mol. The molecule has 12 nitrogen and oxygen atoms in total. The molecule has 50 heavy (non-hydrogen) atoms. The number of hydrogen-bond donors (Lipinski definition) is 3. The van der Waals surface area contributed by atoms with Crippen LogP contribution in [0, 0.1) is 0 Å². The van der Waals surface area contributed by atoms with Gasteiger partial charge in [0.05, 0.1) is 47.4 Å². The first-order chi connectivity index (χ1) is 24.3. The summed E-state index contributed by atoms with van der Waals surface area (Å²) in [4.78, 5) is 40.8. The number of hydrogen-bond acceptors (Lipinski definition) is 10. The van der Waals surface area contributed by atoms with Gasteiger partial charge in [-0.2, -0.15) is 0 Å². The van der Waals surface area contributed by atoms with E-state index < -0.39 is 5.91 Å². The van der Waals surface area contributed by atoms with Crippen molar-refractivity contribution in [3.05, 3.63) is 81.7 Å². The fourth-order valence-electron chi connectivity index (χ4n) is 6.24. The van der Waals surface area contributed by atoms with Crippen molar-refractivity contribution in [3.63, 3.8) is 0 Å². The largest absolute Gasteiger partial charge is 0.496 e. The third kappa shape index (κ3) is 8.00. The van der Waals surface area contributed by atoms with Crippen LogP contribution < -0.4 is 25.4 Å². The molecule has 5 heterocycles. The Morgan fingerprint density at radius 2 is 1.88 bits per heavy atom. The predicted octanol–water partition coefficient (Wildman–Crippen LogP) is 5.37. The third-order valence-electron chi connectivity index (χ3n) is 8.94. The van der Waals surface area contributed by atoms with Gasteiger partial charge in [0.25, 0.3) is 5.91 Å². The van der Waals surface area contributed by atoms with Crippen molar-refractivity contribution in [2.24, 2.45) is 0 Å². The van der Waals surface area contributed by atoms with Crippen molar-refractivity contribution in [1.82, 2.24) is 30.5 Å². The molecule has 0 saturated carbocycles. The molecule has 6 rings (SSSR count). The van der Waals surface area contributed by atoms with Gasteiger partial charge in [0.1, 0.15) is 11.4 Å². The molecule has 2 atom stereocenters. The summed E-state index contributed by atoms with van der Waals surface area (Å²) in [7, 11) is 4.87. The zero-order valence-corrected chi connectivity index (χ0v) is 29.6. The van der Waals surface area contributed by atoms with Gasteiger partial charge in [0, 0.05) is 93.0 Å². The first-order valence-corrected chi connectivity index (χ1v) is 17.1. The molecule has 2 fully saturated rings. The van der Waals surface area contributed by atoms with E-state index >= 15 is 0 Å². The van der Waals surface area contributed by atoms with E-state index in [4.69, 9.17) is 42.4 Å². The Bertz CT molecular complexity index is 1880. The van der Waals surface area contributed by atoms with Gasteiger partial charge in [-0.25, -0.2) is 4.98 Å². The fourth-order valence-corrected chi connectivity index (χ4v) is 6.81. The molecule has 14 heteroatoms. The number of nitrogens with zero attached hydrogens (tertiary/aromatic N) is 4. The Balaban J connectivity index is 1.17. The second kappa shape index (κ2) is 16.1. The number of aromatic nitrogens is 3. The molecule has 262 valence electrons. The van der Waals surface area contributed by atoms with Crippen LogP contribution >= 0.6 is 23.2 Å². The summed E-state index contributed by atoms with van der Waals surface area (Å²) >= 11 is 13.8. The molecular weight excluding hydrogens is 681 g/mol. The second-order valence-electron chi connectivity index (χ2n) is 12.2. The van der Waals surface area contributed by atoms with Gasteiger partial charge in [0.15, 0.2) is 0 Å². The molecule has 3 N–H and O–H groups in total. The number of carbonyl (C=O) groups excluding carboxylic acids is 2. The summed E-state index contributed by atoms with van der Waals surface area (Å²) in [5.41, 5.74) is 4.50. The molecule has 0 bridgehead atoms. The van der Waals surface area contributed by atoms with Crippen LogP contribution in [0.15, 0.2) is 54.9 Å². The molecule has 1 aromatic carbocycles. The standard InChI is InChI=1S/C36H39Cl2N7O5/c1-48-24-12-14-45(20-24)19-22-17-41-29(15-30(22)49-2)35(47)43-28-6-4-5-26(32(28)37)34-33(38)25(11-13-40-34)27-9-7-21(36(44-27)50-3)16-39-18-23-8-10-31(46)42-23/h4-7,9,11,13,15,17,23-24,39H,8,10,12,14,16,18-20H2,1-3H3,(H,42,46)(H,43,47)/t23-,24-/m1/s1. The molecule has 2 saturated heterocycles. The summed E-state index contributed by atoms with van der Waals surface area (Å²) in [5.74, 6) is 0.672. The fraction of sp³-hybridized carbons (Fsp3) is 0.361. The van der Waals surface area contributed by atoms with E-state index in [1.165, 1.54) is 0 Å². The number of ether oxygens (including phenoxy) is 3. The molecule has 3 aromatic heterocycles. The van der Waals surface area contributed by atoms with Crippen LogP contribution in [0.4, 0.5) is 5.69 Å². The third-order valence-corrected chi connectivity index (χ3v) is 9.73. The quantitative estimate of drug-likeness (QED) is 0.165. The zero-order valence-electron chi connectivity index (χ0n) is 28.1. The summed E-state index contributed by atoms with van der Waals surface area (Å²) in [5, 5.41) is 9.81. The number of carbonyl (C=O) groups is 2. The van der Waals surface area contributed by atoms with Crippen LogP contribution in [0.5, 0.6) is 11.6 Å².